The van der Waals surface area contributed by atoms with Crippen LogP contribution < -0.4 is 9.64 Å². The third-order valence-electron chi connectivity index (χ3n) is 9.48. The first kappa shape index (κ1) is 22.5. The Labute approximate surface area is 215 Å². The zero-order valence-electron chi connectivity index (χ0n) is 22.3. The van der Waals surface area contributed by atoms with Gasteiger partial charge in [-0.25, -0.2) is 0 Å². The molecule has 0 aromatic heterocycles. The van der Waals surface area contributed by atoms with E-state index in [9.17, 15) is 5.11 Å². The van der Waals surface area contributed by atoms with Crippen LogP contribution in [0, 0.1) is 10.8 Å². The van der Waals surface area contributed by atoms with Crippen LogP contribution in [-0.2, 0) is 11.8 Å². The average molecular weight is 482 g/mol. The molecule has 2 aliphatic heterocycles. The molecule has 2 heterocycles. The molecule has 3 nitrogen and oxygen atoms in total. The van der Waals surface area contributed by atoms with Gasteiger partial charge in [0.1, 0.15) is 11.5 Å². The molecule has 0 atom stereocenters. The van der Waals surface area contributed by atoms with E-state index in [2.05, 4.69) is 69.0 Å². The minimum Gasteiger partial charge on any atom is -0.507 e. The second-order valence-electron chi connectivity index (χ2n) is 13.6. The van der Waals surface area contributed by atoms with Crippen LogP contribution in [0.15, 0.2) is 36.4 Å². The number of phenols is 1. The Morgan fingerprint density at radius 2 is 1.58 bits per heavy atom. The van der Waals surface area contributed by atoms with Gasteiger partial charge in [0.25, 0.3) is 0 Å². The van der Waals surface area contributed by atoms with Crippen LogP contribution in [0.3, 0.4) is 0 Å². The van der Waals surface area contributed by atoms with Crippen LogP contribution in [0.5, 0.6) is 11.5 Å². The number of nitrogens with zero attached hydrogens (tertiary/aromatic N) is 1. The summed E-state index contributed by atoms with van der Waals surface area (Å²) in [6, 6.07) is 13.5. The van der Waals surface area contributed by atoms with E-state index in [-0.39, 0.29) is 16.2 Å². The summed E-state index contributed by atoms with van der Waals surface area (Å²) in [5, 5.41) is 13.9. The van der Waals surface area contributed by atoms with E-state index in [0.29, 0.717) is 5.75 Å². The molecule has 1 saturated carbocycles. The number of hydrogen-bond acceptors (Lipinski definition) is 3. The lowest BCUT2D eigenvalue weighted by Gasteiger charge is -2.51. The van der Waals surface area contributed by atoms with Crippen molar-refractivity contribution in [2.75, 3.05) is 24.6 Å². The molecule has 0 radical (unpaired) electrons. The molecule has 3 heteroatoms. The lowest BCUT2D eigenvalue weighted by atomic mass is 9.52. The molecule has 1 saturated heterocycles. The summed E-state index contributed by atoms with van der Waals surface area (Å²) in [5.74, 6) is 1.50. The molecule has 0 amide bonds. The topological polar surface area (TPSA) is 32.7 Å². The van der Waals surface area contributed by atoms with E-state index in [0.717, 1.165) is 50.1 Å². The van der Waals surface area contributed by atoms with Gasteiger partial charge in [0.05, 0.1) is 12.3 Å². The highest BCUT2D eigenvalue weighted by molar-refractivity contribution is 6.09. The van der Waals surface area contributed by atoms with Crippen molar-refractivity contribution < 1.29 is 9.84 Å². The molecule has 4 aliphatic rings. The van der Waals surface area contributed by atoms with E-state index in [4.69, 9.17) is 4.74 Å². The van der Waals surface area contributed by atoms with Crippen LogP contribution in [0.4, 0.5) is 5.69 Å². The van der Waals surface area contributed by atoms with Gasteiger partial charge in [-0.15, -0.1) is 0 Å². The maximum absolute atomic E-state index is 11.7. The van der Waals surface area contributed by atoms with Gasteiger partial charge in [0.2, 0.25) is 0 Å². The molecule has 0 unspecified atom stereocenters. The molecule has 188 valence electrons. The van der Waals surface area contributed by atoms with Gasteiger partial charge >= 0.3 is 0 Å². The maximum Gasteiger partial charge on any atom is 0.146 e. The highest BCUT2D eigenvalue weighted by atomic mass is 16.5. The fourth-order valence-corrected chi connectivity index (χ4v) is 9.06. The fraction of sp³-hybridized carbons (Fsp3) is 0.515. The third-order valence-corrected chi connectivity index (χ3v) is 9.48. The SMILES string of the molecule is CC1(C)CC(C)(C)CC2(C1)c1ccccc1-c1c2cc(O)c2cc(N3CCCCC3)c3c(c12)CCO3. The minimum atomic E-state index is -0.0687. The van der Waals surface area contributed by atoms with Gasteiger partial charge in [-0.1, -0.05) is 52.0 Å². The van der Waals surface area contributed by atoms with Crippen molar-refractivity contribution in [3.63, 3.8) is 0 Å². The van der Waals surface area contributed by atoms with Crippen LogP contribution in [-0.4, -0.2) is 24.8 Å². The first-order valence-electron chi connectivity index (χ1n) is 14.0. The summed E-state index contributed by atoms with van der Waals surface area (Å²) in [5.41, 5.74) is 8.40. The normalized spacial score (nSPS) is 22.8. The smallest absolute Gasteiger partial charge is 0.146 e. The van der Waals surface area contributed by atoms with Gasteiger partial charge in [-0.05, 0) is 83.7 Å². The summed E-state index contributed by atoms with van der Waals surface area (Å²) in [7, 11) is 0. The summed E-state index contributed by atoms with van der Waals surface area (Å²) in [6.07, 6.45) is 8.12. The minimum absolute atomic E-state index is 0.0687. The van der Waals surface area contributed by atoms with Gasteiger partial charge in [0.15, 0.2) is 0 Å². The molecule has 1 spiro atoms. The van der Waals surface area contributed by atoms with Gasteiger partial charge < -0.3 is 14.7 Å². The van der Waals surface area contributed by atoms with E-state index in [1.165, 1.54) is 64.6 Å². The number of phenolic OH excluding ortho intramolecular Hbond substituents is 1. The lowest BCUT2D eigenvalue weighted by Crippen LogP contribution is -2.43. The fourth-order valence-electron chi connectivity index (χ4n) is 9.06. The van der Waals surface area contributed by atoms with E-state index < -0.39 is 0 Å². The quantitative estimate of drug-likeness (QED) is 0.382. The van der Waals surface area contributed by atoms with E-state index in [1.807, 2.05) is 0 Å². The molecule has 36 heavy (non-hydrogen) atoms. The Balaban J connectivity index is 1.55. The van der Waals surface area contributed by atoms with Gasteiger partial charge in [-0.3, -0.25) is 0 Å². The standard InChI is InChI=1S/C33H39NO2/c1-31(2)18-32(3,4)20-33(19-31)24-11-7-6-10-21(24)29-25(33)17-27(35)23-16-26(34-13-8-5-9-14-34)30-22(28(23)29)12-15-36-30/h6-7,10-11,16-17,35H,5,8-9,12-15,18-20H2,1-4H3. The van der Waals surface area contributed by atoms with Crippen LogP contribution in [0.1, 0.15) is 82.9 Å². The molecule has 2 fully saturated rings. The van der Waals surface area contributed by atoms with Crippen LogP contribution in [0.2, 0.25) is 0 Å². The molecule has 3 aromatic rings. The van der Waals surface area contributed by atoms with Crippen molar-refractivity contribution in [3.05, 3.63) is 53.1 Å². The van der Waals surface area contributed by atoms with E-state index in [1.54, 1.807) is 0 Å². The van der Waals surface area contributed by atoms with Crippen LogP contribution >= 0.6 is 0 Å². The third kappa shape index (κ3) is 3.10. The highest BCUT2D eigenvalue weighted by Gasteiger charge is 2.54. The summed E-state index contributed by atoms with van der Waals surface area (Å²) in [6.45, 7) is 12.6. The molecule has 1 N–H and O–H groups in total. The molecule has 3 aromatic carbocycles. The first-order valence-corrected chi connectivity index (χ1v) is 14.0. The Hall–Kier alpha value is -2.68. The predicted molar refractivity (Wildman–Crippen MR) is 149 cm³/mol. The highest BCUT2D eigenvalue weighted by Crippen LogP contribution is 2.65. The van der Waals surface area contributed by atoms with Gasteiger partial charge in [0, 0.05) is 41.3 Å². The Morgan fingerprint density at radius 3 is 2.33 bits per heavy atom. The number of piperidine rings is 1. The zero-order valence-corrected chi connectivity index (χ0v) is 22.3. The Morgan fingerprint density at radius 1 is 0.861 bits per heavy atom. The average Bonchev–Trinajstić information content (AvgIpc) is 3.40. The second-order valence-corrected chi connectivity index (χ2v) is 13.6. The Bertz CT molecular complexity index is 1380. The number of anilines is 1. The Kier molecular flexibility index (Phi) is 4.65. The number of benzene rings is 3. The first-order chi connectivity index (χ1) is 17.2. The number of hydrogen-bond donors (Lipinski definition) is 1. The lowest BCUT2D eigenvalue weighted by molar-refractivity contribution is 0.0645. The second kappa shape index (κ2) is 7.43. The number of ether oxygens (including phenoxy) is 1. The van der Waals surface area contributed by atoms with Gasteiger partial charge in [-0.2, -0.15) is 0 Å². The monoisotopic (exact) mass is 481 g/mol. The van der Waals surface area contributed by atoms with Crippen molar-refractivity contribution in [3.8, 4) is 22.6 Å². The van der Waals surface area contributed by atoms with Crippen molar-refractivity contribution in [2.45, 2.75) is 78.1 Å². The number of rotatable bonds is 1. The summed E-state index contributed by atoms with van der Waals surface area (Å²) >= 11 is 0. The molecular formula is C33H39NO2. The molecule has 2 aliphatic carbocycles. The molecule has 0 bridgehead atoms. The zero-order chi connectivity index (χ0) is 24.9. The number of fused-ring (bicyclic) bond motifs is 9. The van der Waals surface area contributed by atoms with Crippen molar-refractivity contribution in [2.24, 2.45) is 10.8 Å². The largest absolute Gasteiger partial charge is 0.507 e. The molecular weight excluding hydrogens is 442 g/mol. The van der Waals surface area contributed by atoms with E-state index >= 15 is 0 Å². The maximum atomic E-state index is 11.7. The predicted octanol–water partition coefficient (Wildman–Crippen LogP) is 7.97. The van der Waals surface area contributed by atoms with Crippen LogP contribution in [0.25, 0.3) is 21.9 Å². The molecule has 7 rings (SSSR count). The summed E-state index contributed by atoms with van der Waals surface area (Å²) < 4.78 is 6.36. The van der Waals surface area contributed by atoms with Crippen molar-refractivity contribution in [1.29, 1.82) is 0 Å². The summed E-state index contributed by atoms with van der Waals surface area (Å²) in [4.78, 5) is 2.49. The van der Waals surface area contributed by atoms with Crippen molar-refractivity contribution >= 4 is 16.5 Å². The van der Waals surface area contributed by atoms with Crippen molar-refractivity contribution in [1.82, 2.24) is 0 Å². The number of aromatic hydroxyl groups is 1.